The molecule has 0 aromatic carbocycles. The summed E-state index contributed by atoms with van der Waals surface area (Å²) in [6.45, 7) is 5.06. The fourth-order valence-corrected chi connectivity index (χ4v) is 1.07. The molecule has 0 N–H and O–H groups in total. The highest BCUT2D eigenvalue weighted by molar-refractivity contribution is 7.91. The van der Waals surface area contributed by atoms with Gasteiger partial charge in [-0.05, 0) is 20.8 Å². The van der Waals surface area contributed by atoms with Gasteiger partial charge in [-0.25, -0.2) is 8.42 Å². The Hall–Kier alpha value is -0.580. The topological polar surface area (TPSA) is 60.4 Å². The maximum absolute atomic E-state index is 10.9. The van der Waals surface area contributed by atoms with Gasteiger partial charge < -0.3 is 4.74 Å². The average molecular weight is 194 g/mol. The van der Waals surface area contributed by atoms with E-state index in [1.807, 2.05) is 0 Å². The Labute approximate surface area is 72.8 Å². The van der Waals surface area contributed by atoms with E-state index in [9.17, 15) is 13.2 Å². The number of esters is 1. The van der Waals surface area contributed by atoms with E-state index < -0.39 is 27.2 Å². The Balaban J connectivity index is 4.10. The number of carbonyl (C=O) groups excluding carboxylic acids is 1. The lowest BCUT2D eigenvalue weighted by Gasteiger charge is -2.18. The van der Waals surface area contributed by atoms with Gasteiger partial charge in [0, 0.05) is 6.26 Å². The fraction of sp³-hybridized carbons (Fsp3) is 0.857. The minimum Gasteiger partial charge on any atom is -0.459 e. The van der Waals surface area contributed by atoms with Crippen LogP contribution in [0.3, 0.4) is 0 Å². The standard InChI is InChI=1S/C7H14O4S/c1-7(2,3)11-6(8)5-12(4,9)10/h5H2,1-4H3. The maximum Gasteiger partial charge on any atom is 0.321 e. The van der Waals surface area contributed by atoms with Gasteiger partial charge in [-0.1, -0.05) is 0 Å². The van der Waals surface area contributed by atoms with E-state index >= 15 is 0 Å². The lowest BCUT2D eigenvalue weighted by molar-refractivity contribution is -0.151. The summed E-state index contributed by atoms with van der Waals surface area (Å²) in [5.41, 5.74) is -0.623. The second kappa shape index (κ2) is 3.43. The quantitative estimate of drug-likeness (QED) is 0.596. The summed E-state index contributed by atoms with van der Waals surface area (Å²) < 4.78 is 26.0. The number of ether oxygens (including phenoxy) is 1. The Kier molecular flexibility index (Phi) is 3.26. The molecular weight excluding hydrogens is 180 g/mol. The van der Waals surface area contributed by atoms with Crippen molar-refractivity contribution >= 4 is 15.8 Å². The molecule has 0 aliphatic rings. The van der Waals surface area contributed by atoms with E-state index in [1.54, 1.807) is 20.8 Å². The van der Waals surface area contributed by atoms with Crippen LogP contribution in [0.5, 0.6) is 0 Å². The van der Waals surface area contributed by atoms with Crippen LogP contribution in [0, 0.1) is 0 Å². The number of hydrogen-bond acceptors (Lipinski definition) is 4. The van der Waals surface area contributed by atoms with E-state index in [1.165, 1.54) is 0 Å². The predicted octanol–water partition coefficient (Wildman–Crippen LogP) is 0.373. The molecule has 0 saturated carbocycles. The highest BCUT2D eigenvalue weighted by atomic mass is 32.2. The second-order valence-corrected chi connectivity index (χ2v) is 5.80. The summed E-state index contributed by atoms with van der Waals surface area (Å²) >= 11 is 0. The van der Waals surface area contributed by atoms with Gasteiger partial charge in [-0.2, -0.15) is 0 Å². The summed E-state index contributed by atoms with van der Waals surface area (Å²) in [6.07, 6.45) is 0.997. The van der Waals surface area contributed by atoms with Gasteiger partial charge in [0.25, 0.3) is 0 Å². The van der Waals surface area contributed by atoms with E-state index in [2.05, 4.69) is 0 Å². The first kappa shape index (κ1) is 11.4. The molecule has 72 valence electrons. The van der Waals surface area contributed by atoms with Crippen LogP contribution in [-0.2, 0) is 19.4 Å². The largest absolute Gasteiger partial charge is 0.459 e. The van der Waals surface area contributed by atoms with Crippen LogP contribution in [0.15, 0.2) is 0 Å². The van der Waals surface area contributed by atoms with Crippen molar-refractivity contribution in [2.75, 3.05) is 12.0 Å². The van der Waals surface area contributed by atoms with Crippen LogP contribution in [0.4, 0.5) is 0 Å². The molecular formula is C7H14O4S. The summed E-state index contributed by atoms with van der Waals surface area (Å²) in [7, 11) is -3.27. The van der Waals surface area contributed by atoms with Crippen LogP contribution in [0.1, 0.15) is 20.8 Å². The van der Waals surface area contributed by atoms with Crippen molar-refractivity contribution in [2.45, 2.75) is 26.4 Å². The van der Waals surface area contributed by atoms with E-state index in [0.29, 0.717) is 0 Å². The molecule has 0 saturated heterocycles. The zero-order valence-corrected chi connectivity index (χ0v) is 8.56. The zero-order chi connectivity index (χ0) is 9.99. The molecule has 0 radical (unpaired) electrons. The van der Waals surface area contributed by atoms with Gasteiger partial charge in [-0.15, -0.1) is 0 Å². The number of carbonyl (C=O) groups is 1. The first-order chi connectivity index (χ1) is 5.10. The average Bonchev–Trinajstić information content (AvgIpc) is 1.49. The molecule has 0 spiro atoms. The molecule has 5 heteroatoms. The van der Waals surface area contributed by atoms with Crippen molar-refractivity contribution in [1.82, 2.24) is 0 Å². The molecule has 0 rings (SSSR count). The monoisotopic (exact) mass is 194 g/mol. The number of rotatable bonds is 2. The Morgan fingerprint density at radius 1 is 1.33 bits per heavy atom. The van der Waals surface area contributed by atoms with Crippen molar-refractivity contribution in [2.24, 2.45) is 0 Å². The Morgan fingerprint density at radius 2 is 1.75 bits per heavy atom. The van der Waals surface area contributed by atoms with Crippen molar-refractivity contribution < 1.29 is 17.9 Å². The van der Waals surface area contributed by atoms with Crippen molar-refractivity contribution in [3.05, 3.63) is 0 Å². The van der Waals surface area contributed by atoms with Gasteiger partial charge in [0.1, 0.15) is 11.4 Å². The van der Waals surface area contributed by atoms with Gasteiger partial charge in [0.05, 0.1) is 0 Å². The first-order valence-electron chi connectivity index (χ1n) is 3.50. The minimum absolute atomic E-state index is 0.551. The van der Waals surface area contributed by atoms with Gasteiger partial charge >= 0.3 is 5.97 Å². The predicted molar refractivity (Wildman–Crippen MR) is 45.6 cm³/mol. The van der Waals surface area contributed by atoms with E-state index in [4.69, 9.17) is 4.74 Å². The smallest absolute Gasteiger partial charge is 0.321 e. The third kappa shape index (κ3) is 7.53. The van der Waals surface area contributed by atoms with Crippen molar-refractivity contribution in [1.29, 1.82) is 0 Å². The highest BCUT2D eigenvalue weighted by Crippen LogP contribution is 2.07. The third-order valence-corrected chi connectivity index (χ3v) is 1.56. The third-order valence-electron chi connectivity index (χ3n) is 0.800. The molecule has 0 unspecified atom stereocenters. The summed E-state index contributed by atoms with van der Waals surface area (Å²) in [5.74, 6) is -1.26. The van der Waals surface area contributed by atoms with Gasteiger partial charge in [0.15, 0.2) is 9.84 Å². The van der Waals surface area contributed by atoms with Gasteiger partial charge in [0.2, 0.25) is 0 Å². The Morgan fingerprint density at radius 3 is 2.00 bits per heavy atom. The van der Waals surface area contributed by atoms with E-state index in [-0.39, 0.29) is 0 Å². The van der Waals surface area contributed by atoms with Crippen LogP contribution in [0.2, 0.25) is 0 Å². The molecule has 0 fully saturated rings. The minimum atomic E-state index is -3.27. The lowest BCUT2D eigenvalue weighted by atomic mass is 10.2. The zero-order valence-electron chi connectivity index (χ0n) is 7.75. The summed E-state index contributed by atoms with van der Waals surface area (Å²) in [6, 6.07) is 0. The highest BCUT2D eigenvalue weighted by Gasteiger charge is 2.19. The van der Waals surface area contributed by atoms with Crippen LogP contribution >= 0.6 is 0 Å². The molecule has 4 nitrogen and oxygen atoms in total. The van der Waals surface area contributed by atoms with Crippen LogP contribution < -0.4 is 0 Å². The molecule has 0 aromatic heterocycles. The summed E-state index contributed by atoms with van der Waals surface area (Å²) in [5, 5.41) is 0. The number of sulfone groups is 1. The first-order valence-corrected chi connectivity index (χ1v) is 5.56. The SMILES string of the molecule is CC(C)(C)OC(=O)CS(C)(=O)=O. The van der Waals surface area contributed by atoms with Gasteiger partial charge in [-0.3, -0.25) is 4.79 Å². The molecule has 0 aromatic rings. The van der Waals surface area contributed by atoms with Crippen LogP contribution in [-0.4, -0.2) is 32.0 Å². The van der Waals surface area contributed by atoms with Crippen molar-refractivity contribution in [3.8, 4) is 0 Å². The molecule has 0 atom stereocenters. The van der Waals surface area contributed by atoms with Crippen LogP contribution in [0.25, 0.3) is 0 Å². The molecule has 0 heterocycles. The molecule has 0 amide bonds. The molecule has 0 aliphatic heterocycles. The molecule has 12 heavy (non-hydrogen) atoms. The number of hydrogen-bond donors (Lipinski definition) is 0. The second-order valence-electron chi connectivity index (χ2n) is 3.66. The molecule has 0 aliphatic carbocycles. The Bertz CT molecular complexity index is 258. The van der Waals surface area contributed by atoms with E-state index in [0.717, 1.165) is 6.26 Å². The molecule has 0 bridgehead atoms. The normalized spacial score (nSPS) is 12.7. The maximum atomic E-state index is 10.9. The fourth-order valence-electron chi connectivity index (χ4n) is 0.585. The van der Waals surface area contributed by atoms with Crippen molar-refractivity contribution in [3.63, 3.8) is 0 Å². The lowest BCUT2D eigenvalue weighted by Crippen LogP contribution is -2.28. The summed E-state index contributed by atoms with van der Waals surface area (Å²) in [4.78, 5) is 10.9.